The van der Waals surface area contributed by atoms with Gasteiger partial charge in [-0.3, -0.25) is 5.32 Å². The number of amides is 1. The molecule has 2 rings (SSSR count). The van der Waals surface area contributed by atoms with Gasteiger partial charge in [-0.05, 0) is 29.3 Å². The molecule has 0 heterocycles. The lowest BCUT2D eigenvalue weighted by molar-refractivity contribution is -0.136. The number of esters is 1. The molecule has 1 amide bonds. The maximum Gasteiger partial charge on any atom is 0.412 e. The molecule has 0 aliphatic rings. The molecule has 0 aliphatic carbocycles. The molecule has 1 N–H and O–H groups in total. The fourth-order valence-electron chi connectivity index (χ4n) is 2.26. The van der Waals surface area contributed by atoms with Gasteiger partial charge >= 0.3 is 12.1 Å². The summed E-state index contributed by atoms with van der Waals surface area (Å²) in [4.78, 5) is 24.2. The number of halogens is 1. The van der Waals surface area contributed by atoms with Crippen LogP contribution in [0.15, 0.2) is 52.6 Å². The number of methoxy groups -OCH3 is 3. The van der Waals surface area contributed by atoms with Gasteiger partial charge in [0.05, 0.1) is 21.3 Å². The van der Waals surface area contributed by atoms with E-state index < -0.39 is 12.1 Å². The zero-order valence-electron chi connectivity index (χ0n) is 15.7. The minimum atomic E-state index is -0.780. The Kier molecular flexibility index (Phi) is 7.88. The molecule has 0 aliphatic heterocycles. The fourth-order valence-corrected chi connectivity index (χ4v) is 2.70. The van der Waals surface area contributed by atoms with E-state index in [1.807, 2.05) is 30.3 Å². The van der Waals surface area contributed by atoms with Crippen LogP contribution in [0.25, 0.3) is 6.08 Å². The summed E-state index contributed by atoms with van der Waals surface area (Å²) < 4.78 is 21.0. The van der Waals surface area contributed by atoms with E-state index >= 15 is 0 Å². The number of carbonyl (C=O) groups is 2. The SMILES string of the molecule is COC(=O)/C(=C/c1cc(OC)c(OC)cc1Br)NC(=O)OCc1ccccc1. The molecule has 7 nitrogen and oxygen atoms in total. The topological polar surface area (TPSA) is 83.1 Å². The smallest absolute Gasteiger partial charge is 0.412 e. The molecule has 8 heteroatoms. The van der Waals surface area contributed by atoms with Gasteiger partial charge < -0.3 is 18.9 Å². The largest absolute Gasteiger partial charge is 0.493 e. The third-order valence-corrected chi connectivity index (χ3v) is 4.34. The van der Waals surface area contributed by atoms with Crippen LogP contribution in [0.3, 0.4) is 0 Å². The first kappa shape index (κ1) is 21.3. The highest BCUT2D eigenvalue weighted by Crippen LogP contribution is 2.34. The summed E-state index contributed by atoms with van der Waals surface area (Å²) in [6, 6.07) is 12.5. The molecule has 0 saturated carbocycles. The van der Waals surface area contributed by atoms with Crippen LogP contribution in [0.4, 0.5) is 4.79 Å². The van der Waals surface area contributed by atoms with Crippen LogP contribution in [0, 0.1) is 0 Å². The predicted octanol–water partition coefficient (Wildman–Crippen LogP) is 3.91. The molecule has 2 aromatic carbocycles. The van der Waals surface area contributed by atoms with Crippen molar-refractivity contribution in [3.05, 3.63) is 63.8 Å². The van der Waals surface area contributed by atoms with E-state index in [0.717, 1.165) is 5.56 Å². The molecule has 0 spiro atoms. The van der Waals surface area contributed by atoms with E-state index in [0.29, 0.717) is 21.5 Å². The summed E-state index contributed by atoms with van der Waals surface area (Å²) in [5.74, 6) is 0.257. The van der Waals surface area contributed by atoms with Gasteiger partial charge in [0, 0.05) is 4.47 Å². The lowest BCUT2D eigenvalue weighted by Crippen LogP contribution is -2.28. The molecule has 2 aromatic rings. The van der Waals surface area contributed by atoms with Crippen LogP contribution in [0.1, 0.15) is 11.1 Å². The van der Waals surface area contributed by atoms with Gasteiger partial charge in [0.25, 0.3) is 0 Å². The van der Waals surface area contributed by atoms with E-state index in [2.05, 4.69) is 21.2 Å². The summed E-state index contributed by atoms with van der Waals surface area (Å²) in [5.41, 5.74) is 1.30. The third-order valence-electron chi connectivity index (χ3n) is 3.66. The molecule has 0 unspecified atom stereocenters. The average molecular weight is 450 g/mol. The Morgan fingerprint density at radius 1 is 1.04 bits per heavy atom. The van der Waals surface area contributed by atoms with Gasteiger partial charge in [-0.25, -0.2) is 9.59 Å². The number of ether oxygens (including phenoxy) is 4. The Hall–Kier alpha value is -3.00. The van der Waals surface area contributed by atoms with Gasteiger partial charge in [0.2, 0.25) is 0 Å². The number of carbonyl (C=O) groups excluding carboxylic acids is 2. The van der Waals surface area contributed by atoms with Gasteiger partial charge in [0.15, 0.2) is 11.5 Å². The molecule has 148 valence electrons. The Morgan fingerprint density at radius 2 is 1.68 bits per heavy atom. The number of hydrogen-bond donors (Lipinski definition) is 1. The average Bonchev–Trinajstić information content (AvgIpc) is 2.72. The van der Waals surface area contributed by atoms with Crippen molar-refractivity contribution < 1.29 is 28.5 Å². The van der Waals surface area contributed by atoms with E-state index in [4.69, 9.17) is 18.9 Å². The Bertz CT molecular complexity index is 866. The molecule has 28 heavy (non-hydrogen) atoms. The molecular weight excluding hydrogens is 430 g/mol. The van der Waals surface area contributed by atoms with Crippen LogP contribution in [-0.2, 0) is 20.9 Å². The van der Waals surface area contributed by atoms with Gasteiger partial charge in [-0.15, -0.1) is 0 Å². The Morgan fingerprint density at radius 3 is 2.29 bits per heavy atom. The summed E-state index contributed by atoms with van der Waals surface area (Å²) >= 11 is 3.40. The highest BCUT2D eigenvalue weighted by molar-refractivity contribution is 9.10. The Balaban J connectivity index is 2.21. The standard InChI is InChI=1S/C20H20BrNO6/c1-25-17-10-14(15(21)11-18(17)26-2)9-16(19(23)27-3)22-20(24)28-12-13-7-5-4-6-8-13/h4-11H,12H2,1-3H3,(H,22,24)/b16-9-. The maximum absolute atomic E-state index is 12.1. The quantitative estimate of drug-likeness (QED) is 0.509. The first-order valence-corrected chi connectivity index (χ1v) is 8.97. The number of hydrogen-bond acceptors (Lipinski definition) is 6. The minimum Gasteiger partial charge on any atom is -0.493 e. The first-order valence-electron chi connectivity index (χ1n) is 8.17. The van der Waals surface area contributed by atoms with Gasteiger partial charge in [-0.2, -0.15) is 0 Å². The van der Waals surface area contributed by atoms with Crippen molar-refractivity contribution in [3.63, 3.8) is 0 Å². The van der Waals surface area contributed by atoms with Crippen LogP contribution in [0.5, 0.6) is 11.5 Å². The number of rotatable bonds is 7. The summed E-state index contributed by atoms with van der Waals surface area (Å²) in [6.07, 6.45) is 0.666. The maximum atomic E-state index is 12.1. The normalized spacial score (nSPS) is 10.8. The van der Waals surface area contributed by atoms with Crippen molar-refractivity contribution >= 4 is 34.1 Å². The lowest BCUT2D eigenvalue weighted by Gasteiger charge is -2.12. The van der Waals surface area contributed by atoms with E-state index in [1.54, 1.807) is 12.1 Å². The second-order valence-corrected chi connectivity index (χ2v) is 6.32. The number of nitrogens with one attached hydrogen (secondary N) is 1. The second-order valence-electron chi connectivity index (χ2n) is 5.47. The van der Waals surface area contributed by atoms with Crippen molar-refractivity contribution in [2.75, 3.05) is 21.3 Å². The zero-order chi connectivity index (χ0) is 20.5. The van der Waals surface area contributed by atoms with Crippen LogP contribution in [-0.4, -0.2) is 33.4 Å². The van der Waals surface area contributed by atoms with Gasteiger partial charge in [0.1, 0.15) is 12.3 Å². The van der Waals surface area contributed by atoms with Crippen molar-refractivity contribution in [1.29, 1.82) is 0 Å². The molecule has 0 saturated heterocycles. The Labute approximate surface area is 171 Å². The highest BCUT2D eigenvalue weighted by Gasteiger charge is 2.17. The number of alkyl carbamates (subject to hydrolysis) is 1. The lowest BCUT2D eigenvalue weighted by atomic mass is 10.1. The van der Waals surface area contributed by atoms with E-state index in [9.17, 15) is 9.59 Å². The second kappa shape index (κ2) is 10.4. The highest BCUT2D eigenvalue weighted by atomic mass is 79.9. The van der Waals surface area contributed by atoms with Crippen molar-refractivity contribution in [2.24, 2.45) is 0 Å². The molecule has 0 bridgehead atoms. The molecule has 0 atom stereocenters. The van der Waals surface area contributed by atoms with Gasteiger partial charge in [-0.1, -0.05) is 46.3 Å². The van der Waals surface area contributed by atoms with Crippen LogP contribution in [0.2, 0.25) is 0 Å². The first-order chi connectivity index (χ1) is 13.5. The summed E-state index contributed by atoms with van der Waals surface area (Å²) in [5, 5.41) is 2.41. The van der Waals surface area contributed by atoms with E-state index in [1.165, 1.54) is 27.4 Å². The molecule has 0 aromatic heterocycles. The van der Waals surface area contributed by atoms with Crippen molar-refractivity contribution in [1.82, 2.24) is 5.32 Å². The third kappa shape index (κ3) is 5.75. The van der Waals surface area contributed by atoms with Crippen molar-refractivity contribution in [3.8, 4) is 11.5 Å². The summed E-state index contributed by atoms with van der Waals surface area (Å²) in [7, 11) is 4.24. The van der Waals surface area contributed by atoms with Crippen LogP contribution >= 0.6 is 15.9 Å². The monoisotopic (exact) mass is 449 g/mol. The molecule has 0 radical (unpaired) electrons. The fraction of sp³-hybridized carbons (Fsp3) is 0.200. The minimum absolute atomic E-state index is 0.0706. The van der Waals surface area contributed by atoms with E-state index in [-0.39, 0.29) is 12.3 Å². The molecular formula is C20H20BrNO6. The predicted molar refractivity (Wildman–Crippen MR) is 107 cm³/mol. The molecule has 0 fully saturated rings. The summed E-state index contributed by atoms with van der Waals surface area (Å²) in [6.45, 7) is 0.0706. The zero-order valence-corrected chi connectivity index (χ0v) is 17.2. The van der Waals surface area contributed by atoms with Crippen molar-refractivity contribution in [2.45, 2.75) is 6.61 Å². The van der Waals surface area contributed by atoms with Crippen LogP contribution < -0.4 is 14.8 Å². The number of benzene rings is 2.